The molecule has 0 aromatic carbocycles. The Labute approximate surface area is 190 Å². The summed E-state index contributed by atoms with van der Waals surface area (Å²) in [6, 6.07) is 2.57. The molecular weight excluding hydrogens is 459 g/mol. The van der Waals surface area contributed by atoms with E-state index in [-0.39, 0.29) is 28.4 Å². The second-order valence-electron chi connectivity index (χ2n) is 7.91. The summed E-state index contributed by atoms with van der Waals surface area (Å²) in [7, 11) is 1.35. The third-order valence-corrected chi connectivity index (χ3v) is 5.93. The Morgan fingerprint density at radius 3 is 2.61 bits per heavy atom. The molecule has 1 aliphatic rings. The van der Waals surface area contributed by atoms with Crippen LogP contribution in [-0.2, 0) is 21.2 Å². The SMILES string of the molecule is CC(=O)N(C)c1cc(C(F)(F)F)cnc1Nc1nc(-c2cc3c(cn2)NC(=O)C3(C)C)ns1. The van der Waals surface area contributed by atoms with Gasteiger partial charge >= 0.3 is 6.18 Å². The molecule has 172 valence electrons. The maximum absolute atomic E-state index is 13.1. The van der Waals surface area contributed by atoms with E-state index in [0.717, 1.165) is 28.1 Å². The van der Waals surface area contributed by atoms with Gasteiger partial charge in [-0.1, -0.05) is 0 Å². The first-order valence-electron chi connectivity index (χ1n) is 9.62. The molecule has 3 aromatic heterocycles. The average Bonchev–Trinajstić information content (AvgIpc) is 3.29. The van der Waals surface area contributed by atoms with Crippen molar-refractivity contribution >= 4 is 45.7 Å². The van der Waals surface area contributed by atoms with Gasteiger partial charge in [-0.25, -0.2) is 4.98 Å². The summed E-state index contributed by atoms with van der Waals surface area (Å²) in [6.07, 6.45) is -2.41. The number of pyridine rings is 2. The molecule has 0 bridgehead atoms. The van der Waals surface area contributed by atoms with E-state index in [1.165, 1.54) is 20.2 Å². The number of carbonyl (C=O) groups is 2. The number of fused-ring (bicyclic) bond motifs is 1. The highest BCUT2D eigenvalue weighted by atomic mass is 32.1. The van der Waals surface area contributed by atoms with Crippen LogP contribution in [0.3, 0.4) is 0 Å². The van der Waals surface area contributed by atoms with E-state index in [2.05, 4.69) is 30.0 Å². The average molecular weight is 477 g/mol. The Balaban J connectivity index is 1.66. The number of aromatic nitrogens is 4. The zero-order chi connectivity index (χ0) is 24.1. The zero-order valence-electron chi connectivity index (χ0n) is 17.9. The van der Waals surface area contributed by atoms with Gasteiger partial charge in [0, 0.05) is 31.7 Å². The molecule has 0 aliphatic carbocycles. The molecule has 33 heavy (non-hydrogen) atoms. The third-order valence-electron chi connectivity index (χ3n) is 5.30. The van der Waals surface area contributed by atoms with Gasteiger partial charge in [0.15, 0.2) is 11.6 Å². The molecule has 4 rings (SSSR count). The van der Waals surface area contributed by atoms with E-state index >= 15 is 0 Å². The fraction of sp³-hybridized carbons (Fsp3) is 0.300. The lowest BCUT2D eigenvalue weighted by atomic mass is 9.86. The fourth-order valence-corrected chi connectivity index (χ4v) is 3.78. The van der Waals surface area contributed by atoms with Crippen LogP contribution in [0.25, 0.3) is 11.5 Å². The van der Waals surface area contributed by atoms with E-state index in [4.69, 9.17) is 0 Å². The van der Waals surface area contributed by atoms with Crippen LogP contribution >= 0.6 is 11.5 Å². The Morgan fingerprint density at radius 2 is 1.94 bits per heavy atom. The molecule has 0 spiro atoms. The third kappa shape index (κ3) is 4.11. The molecule has 3 aromatic rings. The van der Waals surface area contributed by atoms with Crippen LogP contribution < -0.4 is 15.5 Å². The molecule has 13 heteroatoms. The van der Waals surface area contributed by atoms with Crippen molar-refractivity contribution in [3.05, 3.63) is 35.7 Å². The van der Waals surface area contributed by atoms with Crippen LogP contribution in [-0.4, -0.2) is 38.2 Å². The van der Waals surface area contributed by atoms with E-state index in [9.17, 15) is 22.8 Å². The molecule has 1 aliphatic heterocycles. The summed E-state index contributed by atoms with van der Waals surface area (Å²) in [5.41, 5.74) is 0.0348. The highest BCUT2D eigenvalue weighted by Gasteiger charge is 2.39. The van der Waals surface area contributed by atoms with E-state index in [0.29, 0.717) is 17.6 Å². The molecule has 0 saturated carbocycles. The zero-order valence-corrected chi connectivity index (χ0v) is 18.7. The van der Waals surface area contributed by atoms with Gasteiger partial charge in [0.25, 0.3) is 0 Å². The first-order valence-corrected chi connectivity index (χ1v) is 10.4. The van der Waals surface area contributed by atoms with E-state index in [1.54, 1.807) is 19.9 Å². The second kappa shape index (κ2) is 7.76. The van der Waals surface area contributed by atoms with Crippen LogP contribution in [0.2, 0.25) is 0 Å². The van der Waals surface area contributed by atoms with Crippen molar-refractivity contribution in [1.29, 1.82) is 0 Å². The highest BCUT2D eigenvalue weighted by Crippen LogP contribution is 2.39. The topological polar surface area (TPSA) is 113 Å². The number of amides is 2. The minimum Gasteiger partial charge on any atom is -0.324 e. The number of halogens is 3. The first-order chi connectivity index (χ1) is 15.4. The number of nitrogens with one attached hydrogen (secondary N) is 2. The predicted molar refractivity (Wildman–Crippen MR) is 116 cm³/mol. The summed E-state index contributed by atoms with van der Waals surface area (Å²) in [6.45, 7) is 4.82. The first kappa shape index (κ1) is 22.6. The largest absolute Gasteiger partial charge is 0.417 e. The molecule has 0 saturated heterocycles. The lowest BCUT2D eigenvalue weighted by Gasteiger charge is -2.20. The molecule has 0 atom stereocenters. The Kier molecular flexibility index (Phi) is 5.31. The van der Waals surface area contributed by atoms with Crippen molar-refractivity contribution < 1.29 is 22.8 Å². The number of carbonyl (C=O) groups excluding carboxylic acids is 2. The summed E-state index contributed by atoms with van der Waals surface area (Å²) in [4.78, 5) is 37.5. The molecular formula is C20H18F3N7O2S. The minimum atomic E-state index is -4.61. The van der Waals surface area contributed by atoms with Crippen molar-refractivity contribution in [1.82, 2.24) is 19.3 Å². The Morgan fingerprint density at radius 1 is 1.21 bits per heavy atom. The maximum Gasteiger partial charge on any atom is 0.417 e. The standard InChI is InChI=1S/C20H18F3N7O2S/c1-9(31)30(4)14-5-10(20(21,22)23)7-25-16(14)28-18-27-15(29-33-18)12-6-11-13(8-24-12)26-17(32)19(11,2)3/h5-8H,1-4H3,(H,26,32)(H,25,27,28,29). The number of hydrogen-bond donors (Lipinski definition) is 2. The number of alkyl halides is 3. The summed E-state index contributed by atoms with van der Waals surface area (Å²) in [5.74, 6) is -0.319. The van der Waals surface area contributed by atoms with Gasteiger partial charge in [-0.15, -0.1) is 0 Å². The molecule has 4 heterocycles. The smallest absolute Gasteiger partial charge is 0.324 e. The quantitative estimate of drug-likeness (QED) is 0.585. The molecule has 0 unspecified atom stereocenters. The maximum atomic E-state index is 13.1. The second-order valence-corrected chi connectivity index (χ2v) is 8.66. The molecule has 2 amide bonds. The normalized spacial score (nSPS) is 14.6. The van der Waals surface area contributed by atoms with Gasteiger partial charge in [0.2, 0.25) is 16.9 Å². The fourth-order valence-electron chi connectivity index (χ4n) is 3.20. The molecule has 9 nitrogen and oxygen atoms in total. The van der Waals surface area contributed by atoms with Gasteiger partial charge in [0.05, 0.1) is 28.6 Å². The van der Waals surface area contributed by atoms with Gasteiger partial charge in [-0.3, -0.25) is 14.6 Å². The minimum absolute atomic E-state index is 0.0150. The lowest BCUT2D eigenvalue weighted by molar-refractivity contribution is -0.137. The molecule has 0 fully saturated rings. The van der Waals surface area contributed by atoms with E-state index < -0.39 is 23.1 Å². The van der Waals surface area contributed by atoms with Crippen molar-refractivity contribution in [2.75, 3.05) is 22.6 Å². The van der Waals surface area contributed by atoms with Gasteiger partial charge in [0.1, 0.15) is 5.69 Å². The van der Waals surface area contributed by atoms with Crippen LogP contribution in [0.15, 0.2) is 24.5 Å². The lowest BCUT2D eigenvalue weighted by Crippen LogP contribution is -2.26. The van der Waals surface area contributed by atoms with E-state index in [1.807, 2.05) is 0 Å². The Hall–Kier alpha value is -3.61. The number of hydrogen-bond acceptors (Lipinski definition) is 8. The van der Waals surface area contributed by atoms with Gasteiger partial charge in [-0.05, 0) is 31.5 Å². The van der Waals surface area contributed by atoms with Gasteiger partial charge < -0.3 is 15.5 Å². The van der Waals surface area contributed by atoms with Crippen molar-refractivity contribution in [2.45, 2.75) is 32.4 Å². The van der Waals surface area contributed by atoms with Crippen LogP contribution in [0.5, 0.6) is 0 Å². The van der Waals surface area contributed by atoms with Crippen LogP contribution in [0.4, 0.5) is 35.5 Å². The summed E-state index contributed by atoms with van der Waals surface area (Å²) in [5, 5.41) is 5.85. The monoisotopic (exact) mass is 477 g/mol. The van der Waals surface area contributed by atoms with Gasteiger partial charge in [-0.2, -0.15) is 22.5 Å². The highest BCUT2D eigenvalue weighted by molar-refractivity contribution is 7.09. The number of nitrogens with zero attached hydrogens (tertiary/aromatic N) is 5. The van der Waals surface area contributed by atoms with Crippen molar-refractivity contribution in [2.24, 2.45) is 0 Å². The van der Waals surface area contributed by atoms with Crippen molar-refractivity contribution in [3.8, 4) is 11.5 Å². The van der Waals surface area contributed by atoms with Crippen molar-refractivity contribution in [3.63, 3.8) is 0 Å². The predicted octanol–water partition coefficient (Wildman–Crippen LogP) is 3.97. The number of anilines is 4. The molecule has 2 N–H and O–H groups in total. The summed E-state index contributed by atoms with van der Waals surface area (Å²) >= 11 is 0.951. The van der Waals surface area contributed by atoms with Crippen LogP contribution in [0.1, 0.15) is 31.9 Å². The van der Waals surface area contributed by atoms with Crippen LogP contribution in [0, 0.1) is 0 Å². The molecule has 0 radical (unpaired) electrons. The Bertz CT molecular complexity index is 1270. The number of rotatable bonds is 4. The summed E-state index contributed by atoms with van der Waals surface area (Å²) < 4.78 is 43.7.